The molecule has 1 saturated carbocycles. The van der Waals surface area contributed by atoms with Gasteiger partial charge in [-0.1, -0.05) is 49.4 Å². The first-order chi connectivity index (χ1) is 8.27. The fraction of sp³-hybridized carbons (Fsp3) is 0.571. The maximum atomic E-state index is 13.6. The highest BCUT2D eigenvalue weighted by atomic mass is 35.5. The smallest absolute Gasteiger partial charge is 0.146 e. The van der Waals surface area contributed by atoms with Gasteiger partial charge in [0.2, 0.25) is 0 Å². The van der Waals surface area contributed by atoms with Gasteiger partial charge in [-0.2, -0.15) is 0 Å². The molecule has 3 heteroatoms. The van der Waals surface area contributed by atoms with E-state index in [1.807, 2.05) is 0 Å². The SMILES string of the molecule is Fc1c(Cl)cccc1CNCCC1CCCC1. The zero-order valence-electron chi connectivity index (χ0n) is 10.0. The van der Waals surface area contributed by atoms with Gasteiger partial charge in [0.25, 0.3) is 0 Å². The average Bonchev–Trinajstić information content (AvgIpc) is 2.83. The van der Waals surface area contributed by atoms with Crippen molar-refractivity contribution in [2.24, 2.45) is 5.92 Å². The zero-order chi connectivity index (χ0) is 12.1. The summed E-state index contributed by atoms with van der Waals surface area (Å²) in [6, 6.07) is 5.15. The summed E-state index contributed by atoms with van der Waals surface area (Å²) in [6.45, 7) is 1.54. The van der Waals surface area contributed by atoms with Crippen molar-refractivity contribution in [1.29, 1.82) is 0 Å². The molecule has 1 fully saturated rings. The summed E-state index contributed by atoms with van der Waals surface area (Å²) in [4.78, 5) is 0. The van der Waals surface area contributed by atoms with Crippen molar-refractivity contribution in [3.63, 3.8) is 0 Å². The summed E-state index contributed by atoms with van der Waals surface area (Å²) < 4.78 is 13.6. The highest BCUT2D eigenvalue weighted by Gasteiger charge is 2.14. The summed E-state index contributed by atoms with van der Waals surface area (Å²) in [6.07, 6.45) is 6.71. The maximum Gasteiger partial charge on any atom is 0.146 e. The Morgan fingerprint density at radius 2 is 2.06 bits per heavy atom. The number of hydrogen-bond donors (Lipinski definition) is 1. The quantitative estimate of drug-likeness (QED) is 0.780. The predicted octanol–water partition coefficient (Wildman–Crippen LogP) is 4.15. The van der Waals surface area contributed by atoms with Crippen molar-refractivity contribution in [3.05, 3.63) is 34.6 Å². The fourth-order valence-corrected chi connectivity index (χ4v) is 2.71. The molecule has 0 spiro atoms. The Bertz CT molecular complexity index is 361. The third-order valence-electron chi connectivity index (χ3n) is 3.55. The van der Waals surface area contributed by atoms with Gasteiger partial charge < -0.3 is 5.32 Å². The van der Waals surface area contributed by atoms with Crippen LogP contribution >= 0.6 is 11.6 Å². The van der Waals surface area contributed by atoms with E-state index in [0.29, 0.717) is 12.1 Å². The summed E-state index contributed by atoms with van der Waals surface area (Å²) in [7, 11) is 0. The summed E-state index contributed by atoms with van der Waals surface area (Å²) >= 11 is 5.73. The Labute approximate surface area is 107 Å². The first-order valence-electron chi connectivity index (χ1n) is 6.41. The van der Waals surface area contributed by atoms with E-state index in [9.17, 15) is 4.39 Å². The third kappa shape index (κ3) is 3.68. The van der Waals surface area contributed by atoms with Gasteiger partial charge >= 0.3 is 0 Å². The van der Waals surface area contributed by atoms with Gasteiger partial charge in [0.15, 0.2) is 0 Å². The molecule has 0 saturated heterocycles. The van der Waals surface area contributed by atoms with Crippen LogP contribution in [0.3, 0.4) is 0 Å². The second kappa shape index (κ2) is 6.36. The van der Waals surface area contributed by atoms with Gasteiger partial charge in [0.1, 0.15) is 5.82 Å². The molecule has 0 bridgehead atoms. The predicted molar refractivity (Wildman–Crippen MR) is 69.7 cm³/mol. The lowest BCUT2D eigenvalue weighted by atomic mass is 10.0. The molecule has 0 amide bonds. The Morgan fingerprint density at radius 1 is 1.29 bits per heavy atom. The number of nitrogens with one attached hydrogen (secondary N) is 1. The van der Waals surface area contributed by atoms with E-state index >= 15 is 0 Å². The lowest BCUT2D eigenvalue weighted by molar-refractivity contribution is 0.474. The molecule has 0 aliphatic heterocycles. The molecule has 0 unspecified atom stereocenters. The van der Waals surface area contributed by atoms with E-state index < -0.39 is 0 Å². The zero-order valence-corrected chi connectivity index (χ0v) is 10.8. The lowest BCUT2D eigenvalue weighted by Crippen LogP contribution is -2.17. The number of benzene rings is 1. The molecule has 1 aliphatic rings. The highest BCUT2D eigenvalue weighted by Crippen LogP contribution is 2.27. The van der Waals surface area contributed by atoms with Crippen molar-refractivity contribution in [3.8, 4) is 0 Å². The first kappa shape index (κ1) is 12.8. The van der Waals surface area contributed by atoms with Crippen LogP contribution in [0.1, 0.15) is 37.7 Å². The number of halogens is 2. The van der Waals surface area contributed by atoms with Crippen LogP contribution in [0.2, 0.25) is 5.02 Å². The molecule has 0 atom stereocenters. The van der Waals surface area contributed by atoms with E-state index in [-0.39, 0.29) is 10.8 Å². The second-order valence-electron chi connectivity index (χ2n) is 4.83. The van der Waals surface area contributed by atoms with Gasteiger partial charge in [-0.3, -0.25) is 0 Å². The van der Waals surface area contributed by atoms with Crippen molar-refractivity contribution in [1.82, 2.24) is 5.32 Å². The van der Waals surface area contributed by atoms with E-state index in [1.54, 1.807) is 18.2 Å². The van der Waals surface area contributed by atoms with Crippen molar-refractivity contribution in [2.75, 3.05) is 6.54 Å². The van der Waals surface area contributed by atoms with Gasteiger partial charge in [0.05, 0.1) is 5.02 Å². The Kier molecular flexibility index (Phi) is 4.81. The molecular formula is C14H19ClFN. The van der Waals surface area contributed by atoms with Crippen molar-refractivity contribution in [2.45, 2.75) is 38.6 Å². The molecule has 0 aromatic heterocycles. The van der Waals surface area contributed by atoms with Crippen LogP contribution in [0, 0.1) is 11.7 Å². The molecular weight excluding hydrogens is 237 g/mol. The molecule has 1 aromatic carbocycles. The van der Waals surface area contributed by atoms with Crippen LogP contribution in [-0.2, 0) is 6.54 Å². The highest BCUT2D eigenvalue weighted by molar-refractivity contribution is 6.30. The molecule has 0 radical (unpaired) electrons. The van der Waals surface area contributed by atoms with E-state index in [4.69, 9.17) is 11.6 Å². The summed E-state index contributed by atoms with van der Waals surface area (Å²) in [5, 5.41) is 3.51. The summed E-state index contributed by atoms with van der Waals surface area (Å²) in [5.41, 5.74) is 0.656. The third-order valence-corrected chi connectivity index (χ3v) is 3.84. The molecule has 17 heavy (non-hydrogen) atoms. The molecule has 1 aromatic rings. The Hall–Kier alpha value is -0.600. The normalized spacial score (nSPS) is 16.6. The van der Waals surface area contributed by atoms with Crippen LogP contribution in [0.5, 0.6) is 0 Å². The van der Waals surface area contributed by atoms with Crippen LogP contribution < -0.4 is 5.32 Å². The van der Waals surface area contributed by atoms with Crippen molar-refractivity contribution >= 4 is 11.6 Å². The largest absolute Gasteiger partial charge is 0.313 e. The van der Waals surface area contributed by atoms with E-state index in [1.165, 1.54) is 32.1 Å². The van der Waals surface area contributed by atoms with Crippen LogP contribution in [0.4, 0.5) is 4.39 Å². The standard InChI is InChI=1S/C14H19ClFN/c15-13-7-3-6-12(14(13)16)10-17-9-8-11-4-1-2-5-11/h3,6-7,11,17H,1-2,4-5,8-10H2. The molecule has 94 valence electrons. The minimum Gasteiger partial charge on any atom is -0.313 e. The minimum absolute atomic E-state index is 0.208. The van der Waals surface area contributed by atoms with Crippen molar-refractivity contribution < 1.29 is 4.39 Å². The molecule has 1 N–H and O–H groups in total. The maximum absolute atomic E-state index is 13.6. The van der Waals surface area contributed by atoms with Gasteiger partial charge in [-0.15, -0.1) is 0 Å². The first-order valence-corrected chi connectivity index (χ1v) is 6.79. The minimum atomic E-state index is -0.289. The lowest BCUT2D eigenvalue weighted by Gasteiger charge is -2.10. The topological polar surface area (TPSA) is 12.0 Å². The van der Waals surface area contributed by atoms with Gasteiger partial charge in [-0.25, -0.2) is 4.39 Å². The monoisotopic (exact) mass is 255 g/mol. The molecule has 2 rings (SSSR count). The Morgan fingerprint density at radius 3 is 2.82 bits per heavy atom. The second-order valence-corrected chi connectivity index (χ2v) is 5.24. The molecule has 1 nitrogen and oxygen atoms in total. The van der Waals surface area contributed by atoms with Crippen LogP contribution in [0.25, 0.3) is 0 Å². The van der Waals surface area contributed by atoms with Crippen LogP contribution in [0.15, 0.2) is 18.2 Å². The number of rotatable bonds is 5. The number of hydrogen-bond acceptors (Lipinski definition) is 1. The average molecular weight is 256 g/mol. The van der Waals surface area contributed by atoms with Gasteiger partial charge in [-0.05, 0) is 24.9 Å². The van der Waals surface area contributed by atoms with Gasteiger partial charge in [0, 0.05) is 12.1 Å². The van der Waals surface area contributed by atoms with E-state index in [2.05, 4.69) is 5.32 Å². The molecule has 0 heterocycles. The fourth-order valence-electron chi connectivity index (χ4n) is 2.51. The summed E-state index contributed by atoms with van der Waals surface area (Å²) in [5.74, 6) is 0.592. The molecule has 1 aliphatic carbocycles. The van der Waals surface area contributed by atoms with Crippen LogP contribution in [-0.4, -0.2) is 6.54 Å². The van der Waals surface area contributed by atoms with E-state index in [0.717, 1.165) is 12.5 Å². The Balaban J connectivity index is 1.72.